The summed E-state index contributed by atoms with van der Waals surface area (Å²) in [4.78, 5) is 28.1. The Morgan fingerprint density at radius 3 is 2.56 bits per heavy atom. The van der Waals surface area contributed by atoms with Crippen LogP contribution in [0.5, 0.6) is 0 Å². The van der Waals surface area contributed by atoms with Crippen molar-refractivity contribution in [1.82, 2.24) is 14.7 Å². The van der Waals surface area contributed by atoms with Crippen molar-refractivity contribution in [2.75, 3.05) is 18.4 Å². The fraction of sp³-hybridized carbons (Fsp3) is 0.607. The van der Waals surface area contributed by atoms with Crippen LogP contribution in [0.3, 0.4) is 0 Å². The number of hydrogen-bond acceptors (Lipinski definition) is 7. The fourth-order valence-electron chi connectivity index (χ4n) is 5.52. The van der Waals surface area contributed by atoms with E-state index in [1.807, 2.05) is 64.4 Å². The molecule has 1 amide bonds. The first-order chi connectivity index (χ1) is 18.4. The second kappa shape index (κ2) is 10.5. The molecule has 0 unspecified atom stereocenters. The number of ether oxygens (including phenoxy) is 1. The van der Waals surface area contributed by atoms with Gasteiger partial charge in [0.15, 0.2) is 5.69 Å². The maximum atomic E-state index is 13.3. The summed E-state index contributed by atoms with van der Waals surface area (Å²) in [6.07, 6.45) is 2.58. The average Bonchev–Trinajstić information content (AvgIpc) is 3.56. The number of esters is 1. The molecule has 2 saturated heterocycles. The molecule has 3 aliphatic heterocycles. The van der Waals surface area contributed by atoms with Gasteiger partial charge in [-0.05, 0) is 79.5 Å². The molecule has 2 fully saturated rings. The third-order valence-electron chi connectivity index (χ3n) is 8.36. The molecule has 0 spiro atoms. The lowest BCUT2D eigenvalue weighted by Crippen LogP contribution is -2.41. The topological polar surface area (TPSA) is 94.9 Å². The van der Waals surface area contributed by atoms with Gasteiger partial charge in [0.05, 0.1) is 45.7 Å². The molecule has 39 heavy (non-hydrogen) atoms. The molecular weight excluding hydrogens is 519 g/mol. The Kier molecular flexibility index (Phi) is 7.61. The fourth-order valence-corrected chi connectivity index (χ4v) is 5.78. The molecule has 11 heteroatoms. The van der Waals surface area contributed by atoms with Crippen molar-refractivity contribution in [3.8, 4) is 0 Å². The zero-order valence-electron chi connectivity index (χ0n) is 23.6. The Balaban J connectivity index is 1.30. The summed E-state index contributed by atoms with van der Waals surface area (Å²) in [5.41, 5.74) is 1.47. The SMILES string of the molecule is CC(C)OC(=O)[C@@H]1CCN([C@@H]2CCCn3nc(C(=O)Nc4cccc(B5OC(C)(C)C(C)(C)O5)c4Cl)cc32)C1. The molecule has 1 aromatic carbocycles. The van der Waals surface area contributed by atoms with E-state index in [1.54, 1.807) is 6.07 Å². The van der Waals surface area contributed by atoms with Crippen LogP contribution in [0, 0.1) is 5.92 Å². The van der Waals surface area contributed by atoms with Crippen LogP contribution >= 0.6 is 11.6 Å². The van der Waals surface area contributed by atoms with E-state index in [4.69, 9.17) is 25.6 Å². The van der Waals surface area contributed by atoms with Crippen molar-refractivity contribution in [3.05, 3.63) is 40.7 Å². The maximum absolute atomic E-state index is 13.3. The van der Waals surface area contributed by atoms with Crippen LogP contribution in [-0.2, 0) is 25.4 Å². The third kappa shape index (κ3) is 5.49. The number of halogens is 1. The lowest BCUT2D eigenvalue weighted by atomic mass is 9.79. The number of hydrogen-bond donors (Lipinski definition) is 1. The molecule has 1 aromatic heterocycles. The average molecular weight is 557 g/mol. The first-order valence-electron chi connectivity index (χ1n) is 13.8. The quantitative estimate of drug-likeness (QED) is 0.421. The van der Waals surface area contributed by atoms with Crippen molar-refractivity contribution in [2.24, 2.45) is 5.92 Å². The molecule has 9 nitrogen and oxygen atoms in total. The number of anilines is 1. The van der Waals surface area contributed by atoms with Gasteiger partial charge in [0.25, 0.3) is 5.91 Å². The molecule has 5 rings (SSSR count). The summed E-state index contributed by atoms with van der Waals surface area (Å²) in [7, 11) is -0.637. The number of benzene rings is 1. The number of carbonyl (C=O) groups excluding carboxylic acids is 2. The van der Waals surface area contributed by atoms with E-state index in [0.29, 0.717) is 28.4 Å². The monoisotopic (exact) mass is 556 g/mol. The lowest BCUT2D eigenvalue weighted by molar-refractivity contribution is -0.151. The summed E-state index contributed by atoms with van der Waals surface area (Å²) in [6.45, 7) is 13.9. The predicted octanol–water partition coefficient (Wildman–Crippen LogP) is 4.20. The van der Waals surface area contributed by atoms with E-state index >= 15 is 0 Å². The first kappa shape index (κ1) is 28.1. The Labute approximate surface area is 235 Å². The molecule has 2 aromatic rings. The number of likely N-dealkylation sites (tertiary alicyclic amines) is 1. The smallest absolute Gasteiger partial charge is 0.463 e. The molecule has 1 N–H and O–H groups in total. The Morgan fingerprint density at radius 1 is 1.15 bits per heavy atom. The van der Waals surface area contributed by atoms with E-state index in [9.17, 15) is 9.59 Å². The van der Waals surface area contributed by atoms with Gasteiger partial charge in [-0.25, -0.2) is 0 Å². The number of nitrogens with one attached hydrogen (secondary N) is 1. The van der Waals surface area contributed by atoms with Gasteiger partial charge < -0.3 is 19.4 Å². The van der Waals surface area contributed by atoms with Crippen molar-refractivity contribution < 1.29 is 23.6 Å². The highest BCUT2D eigenvalue weighted by atomic mass is 35.5. The molecular formula is C28H38BClN4O5. The predicted molar refractivity (Wildman–Crippen MR) is 150 cm³/mol. The molecule has 2 atom stereocenters. The minimum Gasteiger partial charge on any atom is -0.463 e. The van der Waals surface area contributed by atoms with Crippen molar-refractivity contribution in [3.63, 3.8) is 0 Å². The molecule has 0 radical (unpaired) electrons. The van der Waals surface area contributed by atoms with Crippen LogP contribution in [0.4, 0.5) is 5.69 Å². The van der Waals surface area contributed by atoms with Crippen LogP contribution < -0.4 is 10.8 Å². The zero-order valence-corrected chi connectivity index (χ0v) is 24.4. The Bertz CT molecular complexity index is 1250. The van der Waals surface area contributed by atoms with Crippen LogP contribution in [-0.4, -0.2) is 64.1 Å². The van der Waals surface area contributed by atoms with Gasteiger partial charge in [-0.2, -0.15) is 5.10 Å². The van der Waals surface area contributed by atoms with Gasteiger partial charge in [-0.1, -0.05) is 23.7 Å². The van der Waals surface area contributed by atoms with Gasteiger partial charge in [0, 0.05) is 18.6 Å². The van der Waals surface area contributed by atoms with Gasteiger partial charge in [-0.3, -0.25) is 19.2 Å². The van der Waals surface area contributed by atoms with Crippen molar-refractivity contribution >= 4 is 41.7 Å². The number of nitrogens with zero attached hydrogens (tertiary/aromatic N) is 3. The second-order valence-electron chi connectivity index (χ2n) is 12.1. The van der Waals surface area contributed by atoms with Crippen molar-refractivity contribution in [2.45, 2.75) is 90.7 Å². The Hall–Kier alpha value is -2.40. The van der Waals surface area contributed by atoms with E-state index in [0.717, 1.165) is 38.0 Å². The highest BCUT2D eigenvalue weighted by Gasteiger charge is 2.52. The minimum absolute atomic E-state index is 0.111. The largest absolute Gasteiger partial charge is 0.496 e. The number of rotatable bonds is 6. The lowest BCUT2D eigenvalue weighted by Gasteiger charge is -2.32. The van der Waals surface area contributed by atoms with Crippen LogP contribution in [0.25, 0.3) is 0 Å². The van der Waals surface area contributed by atoms with E-state index in [-0.39, 0.29) is 29.9 Å². The van der Waals surface area contributed by atoms with Crippen LogP contribution in [0.15, 0.2) is 24.3 Å². The van der Waals surface area contributed by atoms with Crippen LogP contribution in [0.1, 0.15) is 83.0 Å². The highest BCUT2D eigenvalue weighted by Crippen LogP contribution is 2.38. The van der Waals surface area contributed by atoms with E-state index in [1.165, 1.54) is 0 Å². The van der Waals surface area contributed by atoms with Gasteiger partial charge in [-0.15, -0.1) is 0 Å². The number of carbonyl (C=O) groups is 2. The second-order valence-corrected chi connectivity index (χ2v) is 12.4. The normalized spacial score (nSPS) is 24.2. The minimum atomic E-state index is -0.637. The highest BCUT2D eigenvalue weighted by molar-refractivity contribution is 6.66. The van der Waals surface area contributed by atoms with E-state index < -0.39 is 18.3 Å². The number of amides is 1. The van der Waals surface area contributed by atoms with Crippen molar-refractivity contribution in [1.29, 1.82) is 0 Å². The summed E-state index contributed by atoms with van der Waals surface area (Å²) < 4.78 is 19.7. The first-order valence-corrected chi connectivity index (χ1v) is 14.2. The number of aromatic nitrogens is 2. The third-order valence-corrected chi connectivity index (χ3v) is 8.78. The maximum Gasteiger partial charge on any atom is 0.496 e. The van der Waals surface area contributed by atoms with Gasteiger partial charge >= 0.3 is 13.1 Å². The summed E-state index contributed by atoms with van der Waals surface area (Å²) in [5.74, 6) is -0.577. The zero-order chi connectivity index (χ0) is 28.1. The van der Waals surface area contributed by atoms with Gasteiger partial charge in [0.1, 0.15) is 0 Å². The standard InChI is InChI=1S/C28H38BClN4O5/c1-17(2)37-26(36)18-12-14-33(16-18)22-11-8-13-34-23(22)15-21(32-34)25(35)31-20-10-7-9-19(24(20)30)29-38-27(3,4)28(5,6)39-29/h7,9-10,15,17-18,22H,8,11-14,16H2,1-6H3,(H,31,35)/t18-,22-/m1/s1. The Morgan fingerprint density at radius 2 is 1.87 bits per heavy atom. The molecule has 210 valence electrons. The van der Waals surface area contributed by atoms with Crippen LogP contribution in [0.2, 0.25) is 5.02 Å². The summed E-state index contributed by atoms with van der Waals surface area (Å²) in [6, 6.07) is 7.41. The van der Waals surface area contributed by atoms with E-state index in [2.05, 4.69) is 15.3 Å². The molecule has 0 aliphatic carbocycles. The molecule has 3 aliphatic rings. The van der Waals surface area contributed by atoms with Gasteiger partial charge in [0.2, 0.25) is 0 Å². The molecule has 0 saturated carbocycles. The summed E-state index contributed by atoms with van der Waals surface area (Å²) >= 11 is 6.74. The molecule has 4 heterocycles. The number of aryl methyl sites for hydroxylation is 1. The summed E-state index contributed by atoms with van der Waals surface area (Å²) in [5, 5.41) is 7.93. The molecule has 0 bridgehead atoms. The number of fused-ring (bicyclic) bond motifs is 1.